The number of pyridine rings is 1. The first kappa shape index (κ1) is 18.4. The van der Waals surface area contributed by atoms with Crippen LogP contribution in [0.1, 0.15) is 29.4 Å². The van der Waals surface area contributed by atoms with E-state index in [1.165, 1.54) is 5.56 Å². The van der Waals surface area contributed by atoms with Gasteiger partial charge in [0.05, 0.1) is 18.0 Å². The van der Waals surface area contributed by atoms with Crippen LogP contribution in [-0.2, 0) is 13.1 Å². The lowest BCUT2D eigenvalue weighted by Crippen LogP contribution is -2.15. The molecule has 2 heterocycles. The highest BCUT2D eigenvalue weighted by Crippen LogP contribution is 2.20. The Balaban J connectivity index is 1.72. The third kappa shape index (κ3) is 4.06. The standard InChI is InChI=1S/C20H23ClN4O/c1-4-26-20-16(6-5-11-23-20)12-22-13-19-14(2)24-25(15(19)3)18-9-7-17(21)8-10-18/h5-11,22H,4,12-13H2,1-3H3. The number of hydrogen-bond acceptors (Lipinski definition) is 4. The molecule has 5 nitrogen and oxygen atoms in total. The van der Waals surface area contributed by atoms with Crippen LogP contribution in [0.2, 0.25) is 5.02 Å². The number of aromatic nitrogens is 3. The zero-order chi connectivity index (χ0) is 18.5. The van der Waals surface area contributed by atoms with Crippen molar-refractivity contribution in [2.24, 2.45) is 0 Å². The summed E-state index contributed by atoms with van der Waals surface area (Å²) in [7, 11) is 0. The summed E-state index contributed by atoms with van der Waals surface area (Å²) in [4.78, 5) is 4.29. The number of hydrogen-bond donors (Lipinski definition) is 1. The highest BCUT2D eigenvalue weighted by atomic mass is 35.5. The van der Waals surface area contributed by atoms with Crippen molar-refractivity contribution in [1.29, 1.82) is 0 Å². The first-order chi connectivity index (χ1) is 12.6. The SMILES string of the molecule is CCOc1ncccc1CNCc1c(C)nn(-c2ccc(Cl)cc2)c1C. The van der Waals surface area contributed by atoms with Crippen molar-refractivity contribution < 1.29 is 4.74 Å². The lowest BCUT2D eigenvalue weighted by molar-refractivity contribution is 0.322. The lowest BCUT2D eigenvalue weighted by Gasteiger charge is -2.10. The van der Waals surface area contributed by atoms with Gasteiger partial charge in [0.2, 0.25) is 5.88 Å². The molecule has 0 radical (unpaired) electrons. The van der Waals surface area contributed by atoms with Gasteiger partial charge in [-0.1, -0.05) is 17.7 Å². The van der Waals surface area contributed by atoms with E-state index in [1.54, 1.807) is 6.20 Å². The fraction of sp³-hybridized carbons (Fsp3) is 0.300. The number of ether oxygens (including phenoxy) is 1. The summed E-state index contributed by atoms with van der Waals surface area (Å²) >= 11 is 5.98. The van der Waals surface area contributed by atoms with E-state index in [0.29, 0.717) is 19.0 Å². The van der Waals surface area contributed by atoms with Crippen LogP contribution in [0.3, 0.4) is 0 Å². The molecule has 0 aliphatic carbocycles. The van der Waals surface area contributed by atoms with E-state index in [-0.39, 0.29) is 0 Å². The Kier molecular flexibility index (Phi) is 5.91. The molecule has 3 aromatic rings. The van der Waals surface area contributed by atoms with Gasteiger partial charge in [-0.25, -0.2) is 9.67 Å². The summed E-state index contributed by atoms with van der Waals surface area (Å²) in [6, 6.07) is 11.7. The summed E-state index contributed by atoms with van der Waals surface area (Å²) < 4.78 is 7.54. The van der Waals surface area contributed by atoms with Crippen molar-refractivity contribution in [3.63, 3.8) is 0 Å². The molecular formula is C20H23ClN4O. The molecule has 0 amide bonds. The summed E-state index contributed by atoms with van der Waals surface area (Å²) in [5, 5.41) is 8.88. The zero-order valence-electron chi connectivity index (χ0n) is 15.3. The van der Waals surface area contributed by atoms with Crippen LogP contribution in [0.15, 0.2) is 42.6 Å². The maximum Gasteiger partial charge on any atom is 0.217 e. The molecule has 3 rings (SSSR count). The van der Waals surface area contributed by atoms with E-state index in [4.69, 9.17) is 16.3 Å². The monoisotopic (exact) mass is 370 g/mol. The number of rotatable bonds is 7. The molecule has 2 aromatic heterocycles. The first-order valence-electron chi connectivity index (χ1n) is 8.68. The third-order valence-electron chi connectivity index (χ3n) is 4.26. The number of benzene rings is 1. The topological polar surface area (TPSA) is 52.0 Å². The van der Waals surface area contributed by atoms with Crippen molar-refractivity contribution in [3.8, 4) is 11.6 Å². The van der Waals surface area contributed by atoms with Gasteiger partial charge in [0, 0.05) is 41.1 Å². The van der Waals surface area contributed by atoms with E-state index in [9.17, 15) is 0 Å². The van der Waals surface area contributed by atoms with Gasteiger partial charge in [0.25, 0.3) is 0 Å². The Hall–Kier alpha value is -2.37. The van der Waals surface area contributed by atoms with Crippen LogP contribution in [0, 0.1) is 13.8 Å². The minimum atomic E-state index is 0.607. The molecule has 1 aromatic carbocycles. The predicted octanol–water partition coefficient (Wildman–Crippen LogP) is 4.23. The molecule has 136 valence electrons. The fourth-order valence-corrected chi connectivity index (χ4v) is 3.04. The van der Waals surface area contributed by atoms with E-state index < -0.39 is 0 Å². The maximum atomic E-state index is 5.98. The normalized spacial score (nSPS) is 10.9. The molecule has 0 aliphatic rings. The highest BCUT2D eigenvalue weighted by molar-refractivity contribution is 6.30. The molecule has 0 saturated carbocycles. The summed E-state index contributed by atoms with van der Waals surface area (Å²) in [6.45, 7) is 8.10. The van der Waals surface area contributed by atoms with Gasteiger partial charge >= 0.3 is 0 Å². The second kappa shape index (κ2) is 8.34. The summed E-state index contributed by atoms with van der Waals surface area (Å²) in [6.07, 6.45) is 1.75. The van der Waals surface area contributed by atoms with Gasteiger partial charge in [-0.05, 0) is 51.1 Å². The minimum Gasteiger partial charge on any atom is -0.478 e. The Morgan fingerprint density at radius 3 is 2.62 bits per heavy atom. The Morgan fingerprint density at radius 1 is 1.12 bits per heavy atom. The number of halogens is 1. The van der Waals surface area contributed by atoms with Crippen molar-refractivity contribution >= 4 is 11.6 Å². The van der Waals surface area contributed by atoms with E-state index in [0.717, 1.165) is 34.2 Å². The van der Waals surface area contributed by atoms with Gasteiger partial charge in [0.15, 0.2) is 0 Å². The van der Waals surface area contributed by atoms with Gasteiger partial charge in [-0.15, -0.1) is 0 Å². The molecule has 0 atom stereocenters. The second-order valence-electron chi connectivity index (χ2n) is 6.04. The quantitative estimate of drug-likeness (QED) is 0.676. The maximum absolute atomic E-state index is 5.98. The number of aryl methyl sites for hydroxylation is 1. The van der Waals surface area contributed by atoms with E-state index in [1.807, 2.05) is 54.9 Å². The molecule has 0 fully saturated rings. The minimum absolute atomic E-state index is 0.607. The summed E-state index contributed by atoms with van der Waals surface area (Å²) in [5.74, 6) is 0.688. The largest absolute Gasteiger partial charge is 0.478 e. The van der Waals surface area contributed by atoms with Crippen molar-refractivity contribution in [1.82, 2.24) is 20.1 Å². The van der Waals surface area contributed by atoms with Crippen LogP contribution in [-0.4, -0.2) is 21.4 Å². The van der Waals surface area contributed by atoms with Crippen molar-refractivity contribution in [3.05, 3.63) is 70.1 Å². The van der Waals surface area contributed by atoms with Gasteiger partial charge in [-0.3, -0.25) is 0 Å². The molecule has 0 saturated heterocycles. The Labute approximate surface area is 159 Å². The zero-order valence-corrected chi connectivity index (χ0v) is 16.0. The Bertz CT molecular complexity index is 874. The van der Waals surface area contributed by atoms with Crippen LogP contribution < -0.4 is 10.1 Å². The summed E-state index contributed by atoms with van der Waals surface area (Å²) in [5.41, 5.74) is 5.39. The molecule has 0 bridgehead atoms. The van der Waals surface area contributed by atoms with Crippen LogP contribution >= 0.6 is 11.6 Å². The van der Waals surface area contributed by atoms with Crippen molar-refractivity contribution in [2.75, 3.05) is 6.61 Å². The van der Waals surface area contributed by atoms with Gasteiger partial charge < -0.3 is 10.1 Å². The molecule has 0 spiro atoms. The Morgan fingerprint density at radius 2 is 1.88 bits per heavy atom. The van der Waals surface area contributed by atoms with Crippen molar-refractivity contribution in [2.45, 2.75) is 33.9 Å². The average molecular weight is 371 g/mol. The lowest BCUT2D eigenvalue weighted by atomic mass is 10.2. The molecule has 1 N–H and O–H groups in total. The average Bonchev–Trinajstić information content (AvgIpc) is 2.92. The third-order valence-corrected chi connectivity index (χ3v) is 4.51. The van der Waals surface area contributed by atoms with Gasteiger partial charge in [0.1, 0.15) is 0 Å². The second-order valence-corrected chi connectivity index (χ2v) is 6.48. The van der Waals surface area contributed by atoms with E-state index >= 15 is 0 Å². The molecular weight excluding hydrogens is 348 g/mol. The van der Waals surface area contributed by atoms with Crippen LogP contribution in [0.25, 0.3) is 5.69 Å². The van der Waals surface area contributed by atoms with E-state index in [2.05, 4.69) is 22.3 Å². The molecule has 26 heavy (non-hydrogen) atoms. The van der Waals surface area contributed by atoms with Crippen LogP contribution in [0.4, 0.5) is 0 Å². The molecule has 0 aliphatic heterocycles. The highest BCUT2D eigenvalue weighted by Gasteiger charge is 2.13. The smallest absolute Gasteiger partial charge is 0.217 e. The van der Waals surface area contributed by atoms with Crippen LogP contribution in [0.5, 0.6) is 5.88 Å². The number of nitrogens with zero attached hydrogens (tertiary/aromatic N) is 3. The molecule has 6 heteroatoms. The molecule has 0 unspecified atom stereocenters. The first-order valence-corrected chi connectivity index (χ1v) is 9.06. The fourth-order valence-electron chi connectivity index (χ4n) is 2.91. The number of nitrogens with one attached hydrogen (secondary N) is 1. The van der Waals surface area contributed by atoms with Gasteiger partial charge in [-0.2, -0.15) is 5.10 Å². The predicted molar refractivity (Wildman–Crippen MR) is 104 cm³/mol.